The molecule has 0 bridgehead atoms. The van der Waals surface area contributed by atoms with Gasteiger partial charge in [0, 0.05) is 18.9 Å². The van der Waals surface area contributed by atoms with Gasteiger partial charge in [0.2, 0.25) is 11.7 Å². The Hall–Kier alpha value is -1.00. The Bertz CT molecular complexity index is 264. The van der Waals surface area contributed by atoms with E-state index in [4.69, 9.17) is 0 Å². The molecule has 1 rings (SSSR count). The van der Waals surface area contributed by atoms with Crippen LogP contribution in [0.2, 0.25) is 0 Å². The molecule has 0 aromatic carbocycles. The van der Waals surface area contributed by atoms with E-state index in [2.05, 4.69) is 0 Å². The van der Waals surface area contributed by atoms with Crippen molar-refractivity contribution >= 4 is 11.7 Å². The maximum Gasteiger partial charge on any atom is 0.322 e. The van der Waals surface area contributed by atoms with Crippen LogP contribution in [0.3, 0.4) is 0 Å². The molecule has 5 heteroatoms. The highest BCUT2D eigenvalue weighted by molar-refractivity contribution is 5.89. The number of piperidine rings is 1. The summed E-state index contributed by atoms with van der Waals surface area (Å²) in [4.78, 5) is 23.2. The Morgan fingerprint density at radius 3 is 2.50 bits per heavy atom. The SMILES string of the molecule is CC(C)C(=O)N1CCC(=O)C(F)(F)C1. The molecule has 0 spiro atoms. The van der Waals surface area contributed by atoms with Crippen molar-refractivity contribution in [2.75, 3.05) is 13.1 Å². The van der Waals surface area contributed by atoms with E-state index >= 15 is 0 Å². The minimum atomic E-state index is -3.36. The summed E-state index contributed by atoms with van der Waals surface area (Å²) in [5.41, 5.74) is 0. The first kappa shape index (κ1) is 11.1. The van der Waals surface area contributed by atoms with Gasteiger partial charge in [-0.05, 0) is 0 Å². The van der Waals surface area contributed by atoms with Crippen molar-refractivity contribution in [3.05, 3.63) is 0 Å². The summed E-state index contributed by atoms with van der Waals surface area (Å²) in [7, 11) is 0. The largest absolute Gasteiger partial charge is 0.335 e. The van der Waals surface area contributed by atoms with Crippen molar-refractivity contribution in [2.45, 2.75) is 26.2 Å². The number of hydrogen-bond donors (Lipinski definition) is 0. The van der Waals surface area contributed by atoms with E-state index < -0.39 is 18.3 Å². The summed E-state index contributed by atoms with van der Waals surface area (Å²) in [6, 6.07) is 0. The standard InChI is InChI=1S/C9H13F2NO2/c1-6(2)8(14)12-4-3-7(13)9(10,11)5-12/h6H,3-5H2,1-2H3. The lowest BCUT2D eigenvalue weighted by atomic mass is 10.0. The quantitative estimate of drug-likeness (QED) is 0.642. The van der Waals surface area contributed by atoms with Crippen molar-refractivity contribution in [2.24, 2.45) is 5.92 Å². The Balaban J connectivity index is 2.69. The zero-order valence-corrected chi connectivity index (χ0v) is 8.22. The second kappa shape index (κ2) is 3.63. The van der Waals surface area contributed by atoms with Gasteiger partial charge in [-0.15, -0.1) is 0 Å². The van der Waals surface area contributed by atoms with Crippen molar-refractivity contribution in [3.8, 4) is 0 Å². The van der Waals surface area contributed by atoms with Gasteiger partial charge in [0.1, 0.15) is 0 Å². The topological polar surface area (TPSA) is 37.4 Å². The Labute approximate surface area is 81.1 Å². The highest BCUT2D eigenvalue weighted by Crippen LogP contribution is 2.24. The molecule has 1 fully saturated rings. The minimum absolute atomic E-state index is 0.117. The van der Waals surface area contributed by atoms with Crippen LogP contribution in [0.5, 0.6) is 0 Å². The monoisotopic (exact) mass is 205 g/mol. The van der Waals surface area contributed by atoms with E-state index in [0.29, 0.717) is 0 Å². The number of alkyl halides is 2. The van der Waals surface area contributed by atoms with Gasteiger partial charge in [-0.1, -0.05) is 13.8 Å². The first-order valence-electron chi connectivity index (χ1n) is 4.54. The third-order valence-corrected chi connectivity index (χ3v) is 2.21. The summed E-state index contributed by atoms with van der Waals surface area (Å²) < 4.78 is 25.9. The molecule has 3 nitrogen and oxygen atoms in total. The van der Waals surface area contributed by atoms with Gasteiger partial charge in [0.25, 0.3) is 0 Å². The lowest BCUT2D eigenvalue weighted by molar-refractivity contribution is -0.158. The highest BCUT2D eigenvalue weighted by Gasteiger charge is 2.44. The first-order chi connectivity index (χ1) is 6.34. The number of carbonyl (C=O) groups is 2. The van der Waals surface area contributed by atoms with Crippen LogP contribution in [0, 0.1) is 5.92 Å². The summed E-state index contributed by atoms with van der Waals surface area (Å²) in [6.45, 7) is 2.65. The molecule has 0 atom stereocenters. The fourth-order valence-corrected chi connectivity index (χ4v) is 1.38. The van der Waals surface area contributed by atoms with E-state index in [-0.39, 0.29) is 24.8 Å². The summed E-state index contributed by atoms with van der Waals surface area (Å²) in [5, 5.41) is 0. The maximum atomic E-state index is 12.9. The van der Waals surface area contributed by atoms with Gasteiger partial charge >= 0.3 is 5.92 Å². The first-order valence-corrected chi connectivity index (χ1v) is 4.54. The number of Topliss-reactive ketones (excluding diaryl/α,β-unsaturated/α-hetero) is 1. The molecule has 0 aromatic heterocycles. The molecular formula is C9H13F2NO2. The smallest absolute Gasteiger partial charge is 0.322 e. The minimum Gasteiger partial charge on any atom is -0.335 e. The maximum absolute atomic E-state index is 12.9. The van der Waals surface area contributed by atoms with E-state index in [1.165, 1.54) is 0 Å². The predicted molar refractivity (Wildman–Crippen MR) is 46.0 cm³/mol. The van der Waals surface area contributed by atoms with Gasteiger partial charge in [-0.25, -0.2) is 0 Å². The second-order valence-electron chi connectivity index (χ2n) is 3.79. The van der Waals surface area contributed by atoms with E-state index in [1.807, 2.05) is 0 Å². The average Bonchev–Trinajstić information content (AvgIpc) is 2.08. The number of hydrogen-bond acceptors (Lipinski definition) is 2. The van der Waals surface area contributed by atoms with Crippen LogP contribution in [0.4, 0.5) is 8.78 Å². The highest BCUT2D eigenvalue weighted by atomic mass is 19.3. The molecule has 0 radical (unpaired) electrons. The predicted octanol–water partition coefficient (Wildman–Crippen LogP) is 1.08. The Morgan fingerprint density at radius 2 is 2.07 bits per heavy atom. The van der Waals surface area contributed by atoms with Crippen molar-refractivity contribution in [1.29, 1.82) is 0 Å². The van der Waals surface area contributed by atoms with Crippen molar-refractivity contribution in [3.63, 3.8) is 0 Å². The van der Waals surface area contributed by atoms with Crippen LogP contribution in [-0.4, -0.2) is 35.6 Å². The van der Waals surface area contributed by atoms with E-state index in [0.717, 1.165) is 4.90 Å². The van der Waals surface area contributed by atoms with Gasteiger partial charge in [-0.3, -0.25) is 9.59 Å². The van der Waals surface area contributed by atoms with Crippen LogP contribution < -0.4 is 0 Å². The van der Waals surface area contributed by atoms with E-state index in [1.54, 1.807) is 13.8 Å². The zero-order valence-electron chi connectivity index (χ0n) is 8.22. The second-order valence-corrected chi connectivity index (χ2v) is 3.79. The number of nitrogens with zero attached hydrogens (tertiary/aromatic N) is 1. The fraction of sp³-hybridized carbons (Fsp3) is 0.778. The molecule has 0 aromatic rings. The van der Waals surface area contributed by atoms with Crippen molar-refractivity contribution < 1.29 is 18.4 Å². The molecule has 0 saturated carbocycles. The molecular weight excluding hydrogens is 192 g/mol. The third kappa shape index (κ3) is 2.08. The van der Waals surface area contributed by atoms with E-state index in [9.17, 15) is 18.4 Å². The van der Waals surface area contributed by atoms with Gasteiger partial charge < -0.3 is 4.90 Å². The lowest BCUT2D eigenvalue weighted by Gasteiger charge is -2.32. The molecule has 80 valence electrons. The molecule has 0 N–H and O–H groups in total. The molecule has 1 aliphatic heterocycles. The summed E-state index contributed by atoms with van der Waals surface area (Å²) in [6.07, 6.45) is -0.245. The Kier molecular flexibility index (Phi) is 2.87. The summed E-state index contributed by atoms with van der Waals surface area (Å²) >= 11 is 0. The van der Waals surface area contributed by atoms with Gasteiger partial charge in [0.15, 0.2) is 0 Å². The molecule has 0 unspecified atom stereocenters. The van der Waals surface area contributed by atoms with Crippen LogP contribution in [0.25, 0.3) is 0 Å². The molecule has 1 saturated heterocycles. The molecule has 1 heterocycles. The number of halogens is 2. The zero-order chi connectivity index (χ0) is 10.9. The number of carbonyl (C=O) groups excluding carboxylic acids is 2. The summed E-state index contributed by atoms with van der Waals surface area (Å²) in [5.74, 6) is -5.05. The van der Waals surface area contributed by atoms with Gasteiger partial charge in [-0.2, -0.15) is 8.78 Å². The van der Waals surface area contributed by atoms with Crippen LogP contribution in [-0.2, 0) is 9.59 Å². The number of rotatable bonds is 1. The number of likely N-dealkylation sites (tertiary alicyclic amines) is 1. The van der Waals surface area contributed by atoms with Crippen LogP contribution >= 0.6 is 0 Å². The Morgan fingerprint density at radius 1 is 1.50 bits per heavy atom. The fourth-order valence-electron chi connectivity index (χ4n) is 1.38. The average molecular weight is 205 g/mol. The number of ketones is 1. The molecule has 1 amide bonds. The van der Waals surface area contributed by atoms with Crippen LogP contribution in [0.15, 0.2) is 0 Å². The lowest BCUT2D eigenvalue weighted by Crippen LogP contribution is -2.52. The molecule has 1 aliphatic rings. The van der Waals surface area contributed by atoms with Crippen LogP contribution in [0.1, 0.15) is 20.3 Å². The third-order valence-electron chi connectivity index (χ3n) is 2.21. The molecule has 14 heavy (non-hydrogen) atoms. The number of amides is 1. The van der Waals surface area contributed by atoms with Crippen molar-refractivity contribution in [1.82, 2.24) is 4.90 Å². The molecule has 0 aliphatic carbocycles. The van der Waals surface area contributed by atoms with Gasteiger partial charge in [0.05, 0.1) is 6.54 Å². The normalized spacial score (nSPS) is 21.5.